The topological polar surface area (TPSA) is 66.8 Å². The molecule has 130 valence electrons. The van der Waals surface area contributed by atoms with Gasteiger partial charge in [-0.2, -0.15) is 0 Å². The van der Waals surface area contributed by atoms with E-state index in [0.29, 0.717) is 38.0 Å². The Morgan fingerprint density at radius 2 is 1.92 bits per heavy atom. The number of halogens is 2. The lowest BCUT2D eigenvalue weighted by Crippen LogP contribution is -2.44. The quantitative estimate of drug-likeness (QED) is 0.918. The summed E-state index contributed by atoms with van der Waals surface area (Å²) in [7, 11) is 0. The molecule has 3 atom stereocenters. The molecule has 1 saturated carbocycles. The summed E-state index contributed by atoms with van der Waals surface area (Å²) in [6.07, 6.45) is 0.946. The van der Waals surface area contributed by atoms with E-state index in [1.54, 1.807) is 4.90 Å². The van der Waals surface area contributed by atoms with Gasteiger partial charge in [0, 0.05) is 12.5 Å². The molecule has 1 aromatic rings. The molecule has 0 radical (unpaired) electrons. The molecule has 5 nitrogen and oxygen atoms in total. The van der Waals surface area contributed by atoms with Crippen LogP contribution in [-0.4, -0.2) is 41.6 Å². The SMILES string of the molecule is O=C(O)[C@@H]1CC[C@H](C(=O)N2CCOC(c3ccc(F)c(F)c3)C2)C1. The molecule has 1 unspecified atom stereocenters. The van der Waals surface area contributed by atoms with Crippen LogP contribution in [0.3, 0.4) is 0 Å². The van der Waals surface area contributed by atoms with Gasteiger partial charge >= 0.3 is 5.97 Å². The van der Waals surface area contributed by atoms with Gasteiger partial charge < -0.3 is 14.7 Å². The molecule has 2 aliphatic rings. The molecule has 0 bridgehead atoms. The number of morpholine rings is 1. The van der Waals surface area contributed by atoms with Gasteiger partial charge in [-0.25, -0.2) is 8.78 Å². The fourth-order valence-electron chi connectivity index (χ4n) is 3.45. The molecule has 1 amide bonds. The van der Waals surface area contributed by atoms with Crippen LogP contribution in [0.2, 0.25) is 0 Å². The Morgan fingerprint density at radius 1 is 1.17 bits per heavy atom. The summed E-state index contributed by atoms with van der Waals surface area (Å²) in [5, 5.41) is 9.05. The molecule has 3 rings (SSSR count). The molecule has 0 spiro atoms. The first-order valence-corrected chi connectivity index (χ1v) is 8.04. The highest BCUT2D eigenvalue weighted by atomic mass is 19.2. The van der Waals surface area contributed by atoms with Gasteiger partial charge in [-0.3, -0.25) is 9.59 Å². The van der Waals surface area contributed by atoms with E-state index in [1.807, 2.05) is 0 Å². The smallest absolute Gasteiger partial charge is 0.306 e. The summed E-state index contributed by atoms with van der Waals surface area (Å²) < 4.78 is 32.0. The number of carboxylic acids is 1. The summed E-state index contributed by atoms with van der Waals surface area (Å²) in [5.41, 5.74) is 0.487. The van der Waals surface area contributed by atoms with E-state index in [4.69, 9.17) is 9.84 Å². The molecule has 1 aliphatic carbocycles. The zero-order valence-corrected chi connectivity index (χ0v) is 13.1. The molecule has 1 saturated heterocycles. The van der Waals surface area contributed by atoms with Crippen molar-refractivity contribution in [3.63, 3.8) is 0 Å². The monoisotopic (exact) mass is 339 g/mol. The van der Waals surface area contributed by atoms with E-state index >= 15 is 0 Å². The van der Waals surface area contributed by atoms with Crippen molar-refractivity contribution in [3.8, 4) is 0 Å². The number of rotatable bonds is 3. The lowest BCUT2D eigenvalue weighted by molar-refractivity contribution is -0.144. The Kier molecular flexibility index (Phi) is 4.80. The third kappa shape index (κ3) is 3.40. The predicted molar refractivity (Wildman–Crippen MR) is 80.1 cm³/mol. The molecule has 7 heteroatoms. The summed E-state index contributed by atoms with van der Waals surface area (Å²) in [6, 6.07) is 3.58. The van der Waals surface area contributed by atoms with Gasteiger partial charge in [-0.05, 0) is 37.0 Å². The summed E-state index contributed by atoms with van der Waals surface area (Å²) in [5.74, 6) is -3.54. The maximum absolute atomic E-state index is 13.4. The first-order valence-electron chi connectivity index (χ1n) is 8.04. The van der Waals surface area contributed by atoms with Crippen LogP contribution in [0, 0.1) is 23.5 Å². The van der Waals surface area contributed by atoms with Gasteiger partial charge in [0.25, 0.3) is 0 Å². The summed E-state index contributed by atoms with van der Waals surface area (Å²) >= 11 is 0. The van der Waals surface area contributed by atoms with Crippen molar-refractivity contribution in [1.82, 2.24) is 4.90 Å². The second kappa shape index (κ2) is 6.84. The lowest BCUT2D eigenvalue weighted by Gasteiger charge is -2.34. The Morgan fingerprint density at radius 3 is 2.58 bits per heavy atom. The predicted octanol–water partition coefficient (Wildman–Crippen LogP) is 2.37. The van der Waals surface area contributed by atoms with Crippen molar-refractivity contribution in [2.24, 2.45) is 11.8 Å². The van der Waals surface area contributed by atoms with E-state index in [1.165, 1.54) is 6.07 Å². The highest BCUT2D eigenvalue weighted by Gasteiger charge is 2.37. The van der Waals surface area contributed by atoms with Crippen molar-refractivity contribution >= 4 is 11.9 Å². The fraction of sp³-hybridized carbons (Fsp3) is 0.529. The third-order valence-corrected chi connectivity index (χ3v) is 4.82. The molecule has 1 aromatic carbocycles. The van der Waals surface area contributed by atoms with Gasteiger partial charge in [-0.1, -0.05) is 6.07 Å². The van der Waals surface area contributed by atoms with Gasteiger partial charge in [0.1, 0.15) is 6.10 Å². The number of aliphatic carboxylic acids is 1. The molecule has 1 heterocycles. The molecule has 24 heavy (non-hydrogen) atoms. The number of amides is 1. The van der Waals surface area contributed by atoms with Gasteiger partial charge in [0.05, 0.1) is 19.1 Å². The first-order chi connectivity index (χ1) is 11.5. The van der Waals surface area contributed by atoms with Gasteiger partial charge in [0.2, 0.25) is 5.91 Å². The van der Waals surface area contributed by atoms with Crippen LogP contribution in [0.5, 0.6) is 0 Å². The Balaban J connectivity index is 1.66. The van der Waals surface area contributed by atoms with E-state index in [9.17, 15) is 18.4 Å². The zero-order valence-electron chi connectivity index (χ0n) is 13.1. The van der Waals surface area contributed by atoms with Crippen molar-refractivity contribution in [2.45, 2.75) is 25.4 Å². The molecule has 1 aliphatic heterocycles. The van der Waals surface area contributed by atoms with Crippen molar-refractivity contribution in [1.29, 1.82) is 0 Å². The minimum Gasteiger partial charge on any atom is -0.481 e. The van der Waals surface area contributed by atoms with Crippen LogP contribution in [-0.2, 0) is 14.3 Å². The standard InChI is InChI=1S/C17H19F2NO4/c18-13-4-3-10(8-14(13)19)15-9-20(5-6-24-15)16(21)11-1-2-12(7-11)17(22)23/h3-4,8,11-12,15H,1-2,5-7,9H2,(H,22,23)/t11-,12+,15?/m0/s1. The number of benzene rings is 1. The normalized spacial score (nSPS) is 27.2. The van der Waals surface area contributed by atoms with Crippen LogP contribution < -0.4 is 0 Å². The zero-order chi connectivity index (χ0) is 17.3. The number of hydrogen-bond acceptors (Lipinski definition) is 3. The number of hydrogen-bond donors (Lipinski definition) is 1. The van der Waals surface area contributed by atoms with Crippen molar-refractivity contribution in [2.75, 3.05) is 19.7 Å². The summed E-state index contributed by atoms with van der Waals surface area (Å²) in [4.78, 5) is 25.3. The molecule has 2 fully saturated rings. The lowest BCUT2D eigenvalue weighted by atomic mass is 10.0. The van der Waals surface area contributed by atoms with Gasteiger partial charge in [-0.15, -0.1) is 0 Å². The van der Waals surface area contributed by atoms with Crippen LogP contribution in [0.1, 0.15) is 30.9 Å². The number of carbonyl (C=O) groups is 2. The minimum atomic E-state index is -0.945. The summed E-state index contributed by atoms with van der Waals surface area (Å²) in [6.45, 7) is 0.996. The molecular weight excluding hydrogens is 320 g/mol. The van der Waals surface area contributed by atoms with E-state index in [2.05, 4.69) is 0 Å². The van der Waals surface area contributed by atoms with Crippen molar-refractivity contribution in [3.05, 3.63) is 35.4 Å². The molecule has 1 N–H and O–H groups in total. The molecular formula is C17H19F2NO4. The first kappa shape index (κ1) is 16.8. The van der Waals surface area contributed by atoms with Crippen LogP contribution in [0.4, 0.5) is 8.78 Å². The second-order valence-electron chi connectivity index (χ2n) is 6.36. The highest BCUT2D eigenvalue weighted by Crippen LogP contribution is 2.33. The second-order valence-corrected chi connectivity index (χ2v) is 6.36. The van der Waals surface area contributed by atoms with Crippen LogP contribution in [0.25, 0.3) is 0 Å². The minimum absolute atomic E-state index is 0.0744. The van der Waals surface area contributed by atoms with Gasteiger partial charge in [0.15, 0.2) is 11.6 Å². The van der Waals surface area contributed by atoms with Crippen LogP contribution in [0.15, 0.2) is 18.2 Å². The number of nitrogens with zero attached hydrogens (tertiary/aromatic N) is 1. The fourth-order valence-corrected chi connectivity index (χ4v) is 3.45. The Hall–Kier alpha value is -2.02. The van der Waals surface area contributed by atoms with E-state index < -0.39 is 29.6 Å². The highest BCUT2D eigenvalue weighted by molar-refractivity contribution is 5.81. The number of ether oxygens (including phenoxy) is 1. The molecule has 0 aromatic heterocycles. The maximum Gasteiger partial charge on any atom is 0.306 e. The van der Waals surface area contributed by atoms with Crippen molar-refractivity contribution < 1.29 is 28.2 Å². The average Bonchev–Trinajstić information content (AvgIpc) is 3.07. The number of carboxylic acid groups (broad SMARTS) is 1. The third-order valence-electron chi connectivity index (χ3n) is 4.82. The maximum atomic E-state index is 13.4. The van der Waals surface area contributed by atoms with E-state index in [0.717, 1.165) is 12.1 Å². The largest absolute Gasteiger partial charge is 0.481 e. The Bertz CT molecular complexity index is 651. The Labute approximate surface area is 138 Å². The number of carbonyl (C=O) groups excluding carboxylic acids is 1. The van der Waals surface area contributed by atoms with Crippen LogP contribution >= 0.6 is 0 Å². The average molecular weight is 339 g/mol. The van der Waals surface area contributed by atoms with E-state index in [-0.39, 0.29) is 18.4 Å².